The molecule has 0 saturated heterocycles. The maximum Gasteiger partial charge on any atom is 0.248 e. The molecule has 0 aliphatic rings. The van der Waals surface area contributed by atoms with Crippen LogP contribution < -0.4 is 5.32 Å². The van der Waals surface area contributed by atoms with Gasteiger partial charge in [0.2, 0.25) is 5.91 Å². The number of hydrogen-bond acceptors (Lipinski definition) is 6. The molecular formula is C31H31N5O2. The second kappa shape index (κ2) is 13.2. The van der Waals surface area contributed by atoms with E-state index in [1.165, 1.54) is 6.08 Å². The Morgan fingerprint density at radius 1 is 0.868 bits per heavy atom. The van der Waals surface area contributed by atoms with Gasteiger partial charge in [-0.2, -0.15) is 0 Å². The molecule has 0 saturated carbocycles. The molecule has 38 heavy (non-hydrogen) atoms. The molecule has 0 spiro atoms. The van der Waals surface area contributed by atoms with Crippen LogP contribution in [0.3, 0.4) is 0 Å². The average molecular weight is 506 g/mol. The molecule has 7 nitrogen and oxygen atoms in total. The SMILES string of the molecule is CN(C)C/C=C/C(=O)Nc1ccc(C(=O)Cc2cccc(Cc3cc(Cc4cccnc4)ncn3)c2)cc1. The second-order valence-corrected chi connectivity index (χ2v) is 9.37. The molecular weight excluding hydrogens is 474 g/mol. The molecule has 0 aliphatic carbocycles. The van der Waals surface area contributed by atoms with E-state index in [2.05, 4.69) is 26.3 Å². The van der Waals surface area contributed by atoms with Crippen molar-refractivity contribution in [1.82, 2.24) is 19.9 Å². The van der Waals surface area contributed by atoms with Gasteiger partial charge < -0.3 is 10.2 Å². The maximum absolute atomic E-state index is 12.9. The Labute approximate surface area is 223 Å². The second-order valence-electron chi connectivity index (χ2n) is 9.37. The number of carbonyl (C=O) groups excluding carboxylic acids is 2. The van der Waals surface area contributed by atoms with E-state index in [0.29, 0.717) is 37.1 Å². The molecule has 0 bridgehead atoms. The van der Waals surface area contributed by atoms with Crippen molar-refractivity contribution in [3.8, 4) is 0 Å². The Bertz CT molecular complexity index is 1400. The van der Waals surface area contributed by atoms with E-state index in [1.807, 2.05) is 61.6 Å². The van der Waals surface area contributed by atoms with Crippen molar-refractivity contribution in [3.63, 3.8) is 0 Å². The summed E-state index contributed by atoms with van der Waals surface area (Å²) in [6.45, 7) is 0.689. The molecule has 1 N–H and O–H groups in total. The lowest BCUT2D eigenvalue weighted by Crippen LogP contribution is -2.13. The molecule has 2 aromatic carbocycles. The fourth-order valence-electron chi connectivity index (χ4n) is 3.99. The summed E-state index contributed by atoms with van der Waals surface area (Å²) >= 11 is 0. The van der Waals surface area contributed by atoms with Gasteiger partial charge in [-0.05, 0) is 67.2 Å². The number of benzene rings is 2. The zero-order chi connectivity index (χ0) is 26.7. The van der Waals surface area contributed by atoms with Crippen molar-refractivity contribution in [3.05, 3.63) is 131 Å². The third-order valence-electron chi connectivity index (χ3n) is 5.84. The molecule has 0 aliphatic heterocycles. The Morgan fingerprint density at radius 3 is 2.29 bits per heavy atom. The van der Waals surface area contributed by atoms with Gasteiger partial charge in [0.1, 0.15) is 6.33 Å². The largest absolute Gasteiger partial charge is 0.323 e. The van der Waals surface area contributed by atoms with Gasteiger partial charge in [0.05, 0.1) is 0 Å². The molecule has 4 aromatic rings. The van der Waals surface area contributed by atoms with Gasteiger partial charge >= 0.3 is 0 Å². The standard InChI is InChI=1S/C31H31N5O2/c1-36(2)15-5-9-31(38)35-27-12-10-26(11-13-27)30(37)19-24-7-3-6-23(16-24)17-28-20-29(34-22-33-28)18-25-8-4-14-32-21-25/h3-14,16,20-22H,15,17-19H2,1-2H3,(H,35,38)/b9-5+. The normalized spacial score (nSPS) is 11.1. The third kappa shape index (κ3) is 8.28. The number of likely N-dealkylation sites (N-methyl/N-ethyl adjacent to an activating group) is 1. The molecule has 2 heterocycles. The molecule has 1 amide bonds. The van der Waals surface area contributed by atoms with E-state index in [1.54, 1.807) is 42.9 Å². The van der Waals surface area contributed by atoms with Crippen LogP contribution >= 0.6 is 0 Å². The van der Waals surface area contributed by atoms with Crippen LogP contribution in [0.5, 0.6) is 0 Å². The molecule has 0 unspecified atom stereocenters. The summed E-state index contributed by atoms with van der Waals surface area (Å²) in [6, 6.07) is 21.0. The first kappa shape index (κ1) is 26.6. The van der Waals surface area contributed by atoms with E-state index >= 15 is 0 Å². The fourth-order valence-corrected chi connectivity index (χ4v) is 3.99. The number of aromatic nitrogens is 3. The average Bonchev–Trinajstić information content (AvgIpc) is 2.90. The predicted molar refractivity (Wildman–Crippen MR) is 149 cm³/mol. The lowest BCUT2D eigenvalue weighted by molar-refractivity contribution is -0.111. The summed E-state index contributed by atoms with van der Waals surface area (Å²) < 4.78 is 0. The number of Topliss-reactive ketones (excluding diaryl/α,β-unsaturated/α-hetero) is 1. The number of carbonyl (C=O) groups is 2. The Balaban J connectivity index is 1.34. The van der Waals surface area contributed by atoms with Crippen LogP contribution in [0.2, 0.25) is 0 Å². The van der Waals surface area contributed by atoms with Crippen molar-refractivity contribution < 1.29 is 9.59 Å². The lowest BCUT2D eigenvalue weighted by atomic mass is 9.99. The number of hydrogen-bond donors (Lipinski definition) is 1. The molecule has 0 radical (unpaired) electrons. The van der Waals surface area contributed by atoms with Crippen molar-refractivity contribution in [2.24, 2.45) is 0 Å². The minimum absolute atomic E-state index is 0.0201. The fraction of sp³-hybridized carbons (Fsp3) is 0.194. The van der Waals surface area contributed by atoms with E-state index in [-0.39, 0.29) is 11.7 Å². The van der Waals surface area contributed by atoms with Crippen LogP contribution in [-0.2, 0) is 24.1 Å². The van der Waals surface area contributed by atoms with Crippen LogP contribution in [0.25, 0.3) is 0 Å². The zero-order valence-electron chi connectivity index (χ0n) is 21.7. The van der Waals surface area contributed by atoms with Crippen LogP contribution in [0.15, 0.2) is 97.6 Å². The minimum atomic E-state index is -0.198. The van der Waals surface area contributed by atoms with E-state index in [4.69, 9.17) is 0 Å². The van der Waals surface area contributed by atoms with Crippen LogP contribution in [0.1, 0.15) is 38.4 Å². The number of nitrogens with one attached hydrogen (secondary N) is 1. The van der Waals surface area contributed by atoms with E-state index in [9.17, 15) is 9.59 Å². The summed E-state index contributed by atoms with van der Waals surface area (Å²) in [7, 11) is 3.88. The zero-order valence-corrected chi connectivity index (χ0v) is 21.7. The predicted octanol–water partition coefficient (Wildman–Crippen LogP) is 4.53. The van der Waals surface area contributed by atoms with Crippen LogP contribution in [0, 0.1) is 0 Å². The number of nitrogens with zero attached hydrogens (tertiary/aromatic N) is 4. The summed E-state index contributed by atoms with van der Waals surface area (Å²) in [5, 5.41) is 2.81. The Kier molecular flexibility index (Phi) is 9.21. The highest BCUT2D eigenvalue weighted by Crippen LogP contribution is 2.16. The molecule has 0 fully saturated rings. The van der Waals surface area contributed by atoms with Crippen molar-refractivity contribution in [2.75, 3.05) is 26.0 Å². The van der Waals surface area contributed by atoms with E-state index < -0.39 is 0 Å². The monoisotopic (exact) mass is 505 g/mol. The Hall–Kier alpha value is -4.49. The lowest BCUT2D eigenvalue weighted by Gasteiger charge is -2.08. The van der Waals surface area contributed by atoms with Gasteiger partial charge in [-0.15, -0.1) is 0 Å². The van der Waals surface area contributed by atoms with Gasteiger partial charge in [0, 0.05) is 66.9 Å². The highest BCUT2D eigenvalue weighted by Gasteiger charge is 2.09. The summed E-state index contributed by atoms with van der Waals surface area (Å²) in [5.74, 6) is -0.178. The van der Waals surface area contributed by atoms with Gasteiger partial charge in [-0.25, -0.2) is 9.97 Å². The van der Waals surface area contributed by atoms with Gasteiger partial charge in [0.15, 0.2) is 5.78 Å². The highest BCUT2D eigenvalue weighted by molar-refractivity contribution is 6.00. The molecule has 4 rings (SSSR count). The van der Waals surface area contributed by atoms with Crippen LogP contribution in [-0.4, -0.2) is 52.2 Å². The Morgan fingerprint density at radius 2 is 1.58 bits per heavy atom. The van der Waals surface area contributed by atoms with Crippen molar-refractivity contribution in [1.29, 1.82) is 0 Å². The van der Waals surface area contributed by atoms with Gasteiger partial charge in [-0.3, -0.25) is 14.6 Å². The van der Waals surface area contributed by atoms with Crippen molar-refractivity contribution in [2.45, 2.75) is 19.3 Å². The topological polar surface area (TPSA) is 88.1 Å². The van der Waals surface area contributed by atoms with Crippen molar-refractivity contribution >= 4 is 17.4 Å². The molecule has 192 valence electrons. The minimum Gasteiger partial charge on any atom is -0.323 e. The maximum atomic E-state index is 12.9. The first-order valence-corrected chi connectivity index (χ1v) is 12.5. The first-order chi connectivity index (χ1) is 18.4. The molecule has 7 heteroatoms. The van der Waals surface area contributed by atoms with Gasteiger partial charge in [0.25, 0.3) is 0 Å². The van der Waals surface area contributed by atoms with E-state index in [0.717, 1.165) is 28.1 Å². The smallest absolute Gasteiger partial charge is 0.248 e. The molecule has 2 aromatic heterocycles. The van der Waals surface area contributed by atoms with Crippen LogP contribution in [0.4, 0.5) is 5.69 Å². The quantitative estimate of drug-likeness (QED) is 0.238. The third-order valence-corrected chi connectivity index (χ3v) is 5.84. The first-order valence-electron chi connectivity index (χ1n) is 12.5. The number of pyridine rings is 1. The summed E-state index contributed by atoms with van der Waals surface area (Å²) in [6.07, 6.45) is 10.2. The number of anilines is 1. The number of amides is 1. The number of rotatable bonds is 11. The molecule has 0 atom stereocenters. The summed E-state index contributed by atoms with van der Waals surface area (Å²) in [5.41, 5.74) is 6.26. The summed E-state index contributed by atoms with van der Waals surface area (Å²) in [4.78, 5) is 39.9. The number of ketones is 1. The highest BCUT2D eigenvalue weighted by atomic mass is 16.1. The van der Waals surface area contributed by atoms with Gasteiger partial charge in [-0.1, -0.05) is 36.4 Å².